The molecule has 0 heterocycles. The van der Waals surface area contributed by atoms with E-state index in [1.54, 1.807) is 0 Å². The summed E-state index contributed by atoms with van der Waals surface area (Å²) in [5.74, 6) is -0.256. The molecule has 102 valence electrons. The first kappa shape index (κ1) is 14.9. The number of esters is 1. The van der Waals surface area contributed by atoms with Crippen LogP contribution in [0.4, 0.5) is 0 Å². The van der Waals surface area contributed by atoms with Gasteiger partial charge in [0.25, 0.3) is 0 Å². The summed E-state index contributed by atoms with van der Waals surface area (Å²) in [4.78, 5) is 34.0. The van der Waals surface area contributed by atoms with Crippen LogP contribution in [0.25, 0.3) is 0 Å². The average molecular weight is 254 g/mol. The van der Waals surface area contributed by atoms with Crippen LogP contribution in [0.2, 0.25) is 0 Å². The summed E-state index contributed by atoms with van der Waals surface area (Å²) in [6.45, 7) is 0. The number of Topliss-reactive ketones (excluding diaryl/α,β-unsaturated/α-hetero) is 2. The molecule has 0 aromatic heterocycles. The molecule has 0 atom stereocenters. The zero-order valence-corrected chi connectivity index (χ0v) is 11.1. The van der Waals surface area contributed by atoms with Gasteiger partial charge in [-0.3, -0.25) is 14.4 Å². The van der Waals surface area contributed by atoms with E-state index < -0.39 is 0 Å². The Labute approximate surface area is 108 Å². The Bertz CT molecular complexity index is 293. The number of ketones is 2. The first-order valence-electron chi connectivity index (χ1n) is 6.77. The van der Waals surface area contributed by atoms with Gasteiger partial charge in [-0.05, 0) is 19.3 Å². The van der Waals surface area contributed by atoms with E-state index in [9.17, 15) is 14.4 Å². The molecule has 0 bridgehead atoms. The van der Waals surface area contributed by atoms with Gasteiger partial charge in [-0.25, -0.2) is 0 Å². The number of unbranched alkanes of at least 4 members (excludes halogenated alkanes) is 3. The lowest BCUT2D eigenvalue weighted by atomic mass is 9.83. The number of rotatable bonds is 7. The van der Waals surface area contributed by atoms with Gasteiger partial charge in [-0.1, -0.05) is 19.3 Å². The SMILES string of the molecule is COC(=O)CCCCCCC1C(=O)CCCC1=O. The molecule has 1 rings (SSSR count). The van der Waals surface area contributed by atoms with Crippen LogP contribution in [0, 0.1) is 5.92 Å². The maximum atomic E-state index is 11.6. The predicted octanol–water partition coefficient (Wildman–Crippen LogP) is 2.44. The van der Waals surface area contributed by atoms with Crippen LogP contribution in [0.5, 0.6) is 0 Å². The summed E-state index contributed by atoms with van der Waals surface area (Å²) in [5.41, 5.74) is 0. The third kappa shape index (κ3) is 4.98. The molecule has 0 N–H and O–H groups in total. The van der Waals surface area contributed by atoms with Gasteiger partial charge < -0.3 is 4.74 Å². The second-order valence-electron chi connectivity index (χ2n) is 4.87. The summed E-state index contributed by atoms with van der Waals surface area (Å²) in [6, 6.07) is 0. The molecule has 0 unspecified atom stereocenters. The minimum atomic E-state index is -0.334. The molecular formula is C14H22O4. The van der Waals surface area contributed by atoms with Crippen LogP contribution in [0.3, 0.4) is 0 Å². The van der Waals surface area contributed by atoms with E-state index >= 15 is 0 Å². The third-order valence-corrected chi connectivity index (χ3v) is 3.48. The fraction of sp³-hybridized carbons (Fsp3) is 0.786. The minimum absolute atomic E-state index is 0.126. The van der Waals surface area contributed by atoms with Crippen molar-refractivity contribution in [2.75, 3.05) is 7.11 Å². The number of hydrogen-bond donors (Lipinski definition) is 0. The second-order valence-corrected chi connectivity index (χ2v) is 4.87. The third-order valence-electron chi connectivity index (χ3n) is 3.48. The van der Waals surface area contributed by atoms with E-state index in [0.29, 0.717) is 25.7 Å². The summed E-state index contributed by atoms with van der Waals surface area (Å²) in [7, 11) is 1.39. The van der Waals surface area contributed by atoms with Gasteiger partial charge in [0.05, 0.1) is 13.0 Å². The monoisotopic (exact) mass is 254 g/mol. The van der Waals surface area contributed by atoms with Crippen molar-refractivity contribution in [2.24, 2.45) is 5.92 Å². The van der Waals surface area contributed by atoms with Crippen molar-refractivity contribution in [2.45, 2.75) is 57.8 Å². The minimum Gasteiger partial charge on any atom is -0.469 e. The Morgan fingerprint density at radius 1 is 1.11 bits per heavy atom. The van der Waals surface area contributed by atoms with Gasteiger partial charge >= 0.3 is 5.97 Å². The Morgan fingerprint density at radius 2 is 1.72 bits per heavy atom. The van der Waals surface area contributed by atoms with E-state index in [2.05, 4.69) is 4.74 Å². The van der Waals surface area contributed by atoms with E-state index in [0.717, 1.165) is 32.1 Å². The maximum Gasteiger partial charge on any atom is 0.305 e. The Balaban J connectivity index is 2.08. The topological polar surface area (TPSA) is 60.4 Å². The van der Waals surface area contributed by atoms with E-state index in [1.807, 2.05) is 0 Å². The molecule has 0 aliphatic heterocycles. The first-order chi connectivity index (χ1) is 8.65. The molecule has 18 heavy (non-hydrogen) atoms. The van der Waals surface area contributed by atoms with Gasteiger partial charge in [0.1, 0.15) is 11.6 Å². The molecule has 1 aliphatic rings. The lowest BCUT2D eigenvalue weighted by Gasteiger charge is -2.18. The lowest BCUT2D eigenvalue weighted by Crippen LogP contribution is -2.28. The highest BCUT2D eigenvalue weighted by atomic mass is 16.5. The molecular weight excluding hydrogens is 232 g/mol. The number of carbonyl (C=O) groups is 3. The van der Waals surface area contributed by atoms with Crippen LogP contribution in [0.1, 0.15) is 57.8 Å². The summed E-state index contributed by atoms with van der Waals surface area (Å²) < 4.78 is 4.55. The van der Waals surface area contributed by atoms with Gasteiger partial charge in [-0.15, -0.1) is 0 Å². The molecule has 1 fully saturated rings. The van der Waals surface area contributed by atoms with Gasteiger partial charge in [0, 0.05) is 19.3 Å². The zero-order chi connectivity index (χ0) is 13.4. The van der Waals surface area contributed by atoms with Crippen molar-refractivity contribution in [3.63, 3.8) is 0 Å². The number of methoxy groups -OCH3 is 1. The molecule has 0 aromatic rings. The fourth-order valence-electron chi connectivity index (χ4n) is 2.36. The highest BCUT2D eigenvalue weighted by molar-refractivity contribution is 6.04. The van der Waals surface area contributed by atoms with Crippen molar-refractivity contribution in [3.8, 4) is 0 Å². The van der Waals surface area contributed by atoms with Crippen molar-refractivity contribution < 1.29 is 19.1 Å². The van der Waals surface area contributed by atoms with E-state index in [-0.39, 0.29) is 23.5 Å². The standard InChI is InChI=1S/C14H22O4/c1-18-14(17)10-5-3-2-4-7-11-12(15)8-6-9-13(11)16/h11H,2-10H2,1H3. The number of ether oxygens (including phenoxy) is 1. The van der Waals surface area contributed by atoms with E-state index in [1.165, 1.54) is 7.11 Å². The molecule has 0 aromatic carbocycles. The summed E-state index contributed by atoms with van der Waals surface area (Å²) in [5, 5.41) is 0. The smallest absolute Gasteiger partial charge is 0.305 e. The first-order valence-corrected chi connectivity index (χ1v) is 6.77. The van der Waals surface area contributed by atoms with Crippen LogP contribution < -0.4 is 0 Å². The Hall–Kier alpha value is -1.19. The maximum absolute atomic E-state index is 11.6. The van der Waals surface area contributed by atoms with E-state index in [4.69, 9.17) is 0 Å². The average Bonchev–Trinajstić information content (AvgIpc) is 2.36. The van der Waals surface area contributed by atoms with Gasteiger partial charge in [0.15, 0.2) is 0 Å². The van der Waals surface area contributed by atoms with Crippen molar-refractivity contribution in [1.29, 1.82) is 0 Å². The Kier molecular flexibility index (Phi) is 6.61. The van der Waals surface area contributed by atoms with Crippen LogP contribution in [-0.4, -0.2) is 24.6 Å². The predicted molar refractivity (Wildman–Crippen MR) is 67.1 cm³/mol. The lowest BCUT2D eigenvalue weighted by molar-refractivity contribution is -0.140. The van der Waals surface area contributed by atoms with Crippen LogP contribution >= 0.6 is 0 Å². The molecule has 0 radical (unpaired) electrons. The molecule has 0 amide bonds. The van der Waals surface area contributed by atoms with Gasteiger partial charge in [-0.2, -0.15) is 0 Å². The fourth-order valence-corrected chi connectivity index (χ4v) is 2.36. The van der Waals surface area contributed by atoms with Gasteiger partial charge in [0.2, 0.25) is 0 Å². The summed E-state index contributed by atoms with van der Waals surface area (Å²) >= 11 is 0. The van der Waals surface area contributed by atoms with Crippen LogP contribution in [-0.2, 0) is 19.1 Å². The molecule has 1 saturated carbocycles. The Morgan fingerprint density at radius 3 is 2.33 bits per heavy atom. The molecule has 4 heteroatoms. The van der Waals surface area contributed by atoms with Crippen molar-refractivity contribution >= 4 is 17.5 Å². The molecule has 0 spiro atoms. The molecule has 0 saturated heterocycles. The number of carbonyl (C=O) groups excluding carboxylic acids is 3. The van der Waals surface area contributed by atoms with Crippen LogP contribution in [0.15, 0.2) is 0 Å². The van der Waals surface area contributed by atoms with Crippen molar-refractivity contribution in [3.05, 3.63) is 0 Å². The molecule has 4 nitrogen and oxygen atoms in total. The zero-order valence-electron chi connectivity index (χ0n) is 11.1. The normalized spacial score (nSPS) is 16.9. The highest BCUT2D eigenvalue weighted by Gasteiger charge is 2.28. The summed E-state index contributed by atoms with van der Waals surface area (Å²) in [6.07, 6.45) is 6.64. The van der Waals surface area contributed by atoms with Crippen molar-refractivity contribution in [1.82, 2.24) is 0 Å². The second kappa shape index (κ2) is 8.01. The number of hydrogen-bond acceptors (Lipinski definition) is 4. The largest absolute Gasteiger partial charge is 0.469 e. The quantitative estimate of drug-likeness (QED) is 0.398. The highest BCUT2D eigenvalue weighted by Crippen LogP contribution is 2.22. The molecule has 1 aliphatic carbocycles.